The maximum absolute atomic E-state index is 2.15. The summed E-state index contributed by atoms with van der Waals surface area (Å²) in [4.78, 5) is 1.97. The molecule has 0 radical (unpaired) electrons. The number of alkyl halides is 1. The molecule has 0 rings (SSSR count). The first kappa shape index (κ1) is 23.3. The quantitative estimate of drug-likeness (QED) is 0.435. The minimum Gasteiger partial charge on any atom is -0.0901 e. The molecule has 0 N–H and O–H groups in total. The third kappa shape index (κ3) is 415. The molecule has 0 aliphatic carbocycles. The van der Waals surface area contributed by atoms with Gasteiger partial charge in [0.15, 0.2) is 0 Å². The number of rotatable bonds is 0. The smallest absolute Gasteiger partial charge is 0.0121 e. The highest BCUT2D eigenvalue weighted by Crippen LogP contribution is 1.48. The van der Waals surface area contributed by atoms with Crippen molar-refractivity contribution in [1.29, 1.82) is 0 Å². The summed E-state index contributed by atoms with van der Waals surface area (Å²) in [6, 6.07) is 0. The van der Waals surface area contributed by atoms with E-state index >= 15 is 0 Å². The van der Waals surface area contributed by atoms with Crippen LogP contribution in [-0.2, 0) is 0 Å². The minimum absolute atomic E-state index is 1.97. The molecular weight excluding hydrogens is 211 g/mol. The molecule has 56 valence electrons. The third-order valence-corrected chi connectivity index (χ3v) is 0. The predicted octanol–water partition coefficient (Wildman–Crippen LogP) is 4.13. The fourth-order valence-corrected chi connectivity index (χ4v) is 0. The second-order valence-electron chi connectivity index (χ2n) is 0. The van der Waals surface area contributed by atoms with E-state index in [9.17, 15) is 0 Å². The maximum atomic E-state index is 2.15. The molecule has 0 aliphatic rings. The summed E-state index contributed by atoms with van der Waals surface area (Å²) in [6.07, 6.45) is 0. The van der Waals surface area contributed by atoms with E-state index in [2.05, 4.69) is 22.6 Å². The SMILES string of the molecule is CC.CC.CC.CI. The molecule has 0 heterocycles. The molecule has 1 heteroatoms. The molecule has 0 amide bonds. The Morgan fingerprint density at radius 3 is 0.500 bits per heavy atom. The Morgan fingerprint density at radius 2 is 0.500 bits per heavy atom. The lowest BCUT2D eigenvalue weighted by Crippen LogP contribution is -0.856. The number of halogens is 1. The summed E-state index contributed by atoms with van der Waals surface area (Å²) in [6.45, 7) is 12.0. The lowest BCUT2D eigenvalue weighted by molar-refractivity contribution is 1.50. The molecule has 0 bridgehead atoms. The van der Waals surface area contributed by atoms with Crippen LogP contribution in [0.15, 0.2) is 0 Å². The Morgan fingerprint density at radius 1 is 0.500 bits per heavy atom. The molecule has 0 aromatic rings. The molecular formula is C7H21I. The van der Waals surface area contributed by atoms with Gasteiger partial charge in [-0.25, -0.2) is 0 Å². The summed E-state index contributed by atoms with van der Waals surface area (Å²) in [5.41, 5.74) is 0. The number of hydrogen-bond donors (Lipinski definition) is 0. The topological polar surface area (TPSA) is 0 Å². The molecule has 0 aromatic heterocycles. The van der Waals surface area contributed by atoms with Gasteiger partial charge in [0.2, 0.25) is 0 Å². The van der Waals surface area contributed by atoms with Crippen molar-refractivity contribution in [2.24, 2.45) is 0 Å². The molecule has 8 heavy (non-hydrogen) atoms. The highest BCUT2D eigenvalue weighted by atomic mass is 127. The van der Waals surface area contributed by atoms with Crippen LogP contribution in [0.2, 0.25) is 0 Å². The van der Waals surface area contributed by atoms with Crippen LogP contribution in [-0.4, -0.2) is 4.93 Å². The second-order valence-corrected chi connectivity index (χ2v) is 0. The van der Waals surface area contributed by atoms with E-state index < -0.39 is 0 Å². The van der Waals surface area contributed by atoms with Gasteiger partial charge < -0.3 is 0 Å². The third-order valence-electron chi connectivity index (χ3n) is 0. The Labute approximate surface area is 69.2 Å². The molecule has 0 fully saturated rings. The molecule has 0 spiro atoms. The van der Waals surface area contributed by atoms with Crippen LogP contribution in [0.1, 0.15) is 41.5 Å². The summed E-state index contributed by atoms with van der Waals surface area (Å²) in [5.74, 6) is 0. The van der Waals surface area contributed by atoms with E-state index in [1.807, 2.05) is 46.5 Å². The molecule has 0 aromatic carbocycles. The van der Waals surface area contributed by atoms with Gasteiger partial charge in [-0.05, 0) is 4.93 Å². The van der Waals surface area contributed by atoms with Crippen molar-refractivity contribution < 1.29 is 0 Å². The van der Waals surface area contributed by atoms with Gasteiger partial charge in [-0.1, -0.05) is 64.1 Å². The van der Waals surface area contributed by atoms with Crippen molar-refractivity contribution in [3.05, 3.63) is 0 Å². The largest absolute Gasteiger partial charge is 0.0901 e. The van der Waals surface area contributed by atoms with Crippen LogP contribution < -0.4 is 0 Å². The van der Waals surface area contributed by atoms with E-state index in [1.165, 1.54) is 0 Å². The van der Waals surface area contributed by atoms with Gasteiger partial charge in [0.1, 0.15) is 0 Å². The Balaban J connectivity index is -0.0000000133. The summed E-state index contributed by atoms with van der Waals surface area (Å²) in [7, 11) is 0. The summed E-state index contributed by atoms with van der Waals surface area (Å²) in [5, 5.41) is 0. The first-order chi connectivity index (χ1) is 4.00. The van der Waals surface area contributed by atoms with Crippen molar-refractivity contribution >= 4 is 22.6 Å². The molecule has 0 saturated heterocycles. The Kier molecular flexibility index (Phi) is 1910. The average Bonchev–Trinajstić information content (AvgIpc) is 2.03. The van der Waals surface area contributed by atoms with Gasteiger partial charge in [-0.2, -0.15) is 0 Å². The molecule has 0 unspecified atom stereocenters. The van der Waals surface area contributed by atoms with Gasteiger partial charge >= 0.3 is 0 Å². The van der Waals surface area contributed by atoms with Crippen LogP contribution in [0, 0.1) is 0 Å². The zero-order valence-electron chi connectivity index (χ0n) is 7.38. The number of hydrogen-bond acceptors (Lipinski definition) is 0. The first-order valence-corrected chi connectivity index (χ1v) is 5.54. The Bertz CT molecular complexity index is 4.35. The predicted molar refractivity (Wildman–Crippen MR) is 54.0 cm³/mol. The fourth-order valence-electron chi connectivity index (χ4n) is 0. The minimum atomic E-state index is 1.97. The van der Waals surface area contributed by atoms with E-state index in [0.29, 0.717) is 0 Å². The lowest BCUT2D eigenvalue weighted by Gasteiger charge is -1.07. The van der Waals surface area contributed by atoms with E-state index in [1.54, 1.807) is 0 Å². The van der Waals surface area contributed by atoms with Gasteiger partial charge in [0.05, 0.1) is 0 Å². The second kappa shape index (κ2) is 657. The van der Waals surface area contributed by atoms with Gasteiger partial charge in [-0.3, -0.25) is 0 Å². The maximum Gasteiger partial charge on any atom is -0.0121 e. The van der Waals surface area contributed by atoms with Crippen LogP contribution in [0.4, 0.5) is 0 Å². The van der Waals surface area contributed by atoms with Gasteiger partial charge in [0, 0.05) is 0 Å². The van der Waals surface area contributed by atoms with Crippen LogP contribution >= 0.6 is 22.6 Å². The summed E-state index contributed by atoms with van der Waals surface area (Å²) < 4.78 is 0. The summed E-state index contributed by atoms with van der Waals surface area (Å²) >= 11 is 2.15. The average molecular weight is 232 g/mol. The molecule has 0 nitrogen and oxygen atoms in total. The molecule has 0 atom stereocenters. The van der Waals surface area contributed by atoms with Crippen molar-refractivity contribution in [2.45, 2.75) is 41.5 Å². The highest BCUT2D eigenvalue weighted by molar-refractivity contribution is 14.1. The molecule has 0 saturated carbocycles. The van der Waals surface area contributed by atoms with Crippen molar-refractivity contribution in [1.82, 2.24) is 0 Å². The van der Waals surface area contributed by atoms with Gasteiger partial charge in [-0.15, -0.1) is 0 Å². The standard InChI is InChI=1S/3C2H6.CH3I/c4*1-2/h3*1-2H3;1H3. The van der Waals surface area contributed by atoms with Crippen molar-refractivity contribution in [3.8, 4) is 0 Å². The zero-order valence-corrected chi connectivity index (χ0v) is 9.54. The van der Waals surface area contributed by atoms with E-state index in [-0.39, 0.29) is 0 Å². The van der Waals surface area contributed by atoms with Crippen LogP contribution in [0.5, 0.6) is 0 Å². The Hall–Kier alpha value is 0.730. The monoisotopic (exact) mass is 232 g/mol. The molecule has 0 aliphatic heterocycles. The van der Waals surface area contributed by atoms with E-state index in [0.717, 1.165) is 0 Å². The normalized spacial score (nSPS) is 3.00. The van der Waals surface area contributed by atoms with Gasteiger partial charge in [0.25, 0.3) is 0 Å². The van der Waals surface area contributed by atoms with Crippen molar-refractivity contribution in [2.75, 3.05) is 4.93 Å². The highest BCUT2D eigenvalue weighted by Gasteiger charge is 0.950. The fraction of sp³-hybridized carbons (Fsp3) is 1.00. The van der Waals surface area contributed by atoms with Crippen LogP contribution in [0.25, 0.3) is 0 Å². The van der Waals surface area contributed by atoms with E-state index in [4.69, 9.17) is 0 Å². The van der Waals surface area contributed by atoms with Crippen molar-refractivity contribution in [3.63, 3.8) is 0 Å². The zero-order chi connectivity index (χ0) is 8.00. The lowest BCUT2D eigenvalue weighted by atomic mass is 11.0. The first-order valence-electron chi connectivity index (χ1n) is 3.38. The van der Waals surface area contributed by atoms with Crippen LogP contribution in [0.3, 0.4) is 0 Å².